The van der Waals surface area contributed by atoms with Crippen LogP contribution in [0.2, 0.25) is 0 Å². The fourth-order valence-electron chi connectivity index (χ4n) is 6.36. The highest BCUT2D eigenvalue weighted by atomic mass is 16.3. The summed E-state index contributed by atoms with van der Waals surface area (Å²) in [4.78, 5) is 15.1. The molecule has 5 nitrogen and oxygen atoms in total. The SMILES string of the molecule is CC[C@@H](C#N)N(C(=O)[C@@H](N)C12CC3CC(CC(O)(C3)C1)C2)C1CC1. The quantitative estimate of drug-likeness (QED) is 0.805. The lowest BCUT2D eigenvalue weighted by molar-refractivity contribution is -0.177. The summed E-state index contributed by atoms with van der Waals surface area (Å²) < 4.78 is 0. The zero-order valence-corrected chi connectivity index (χ0v) is 14.6. The Labute approximate surface area is 144 Å². The van der Waals surface area contributed by atoms with Crippen LogP contribution in [0.15, 0.2) is 0 Å². The van der Waals surface area contributed by atoms with E-state index in [0.29, 0.717) is 24.7 Å². The van der Waals surface area contributed by atoms with Crippen LogP contribution in [0.1, 0.15) is 64.7 Å². The number of rotatable bonds is 5. The highest BCUT2D eigenvalue weighted by Crippen LogP contribution is 2.62. The predicted octanol–water partition coefficient (Wildman–Crippen LogP) is 1.94. The Morgan fingerprint density at radius 3 is 2.42 bits per heavy atom. The molecule has 132 valence electrons. The van der Waals surface area contributed by atoms with Crippen LogP contribution in [0.4, 0.5) is 0 Å². The van der Waals surface area contributed by atoms with E-state index in [1.807, 2.05) is 6.92 Å². The Balaban J connectivity index is 1.59. The van der Waals surface area contributed by atoms with Gasteiger partial charge < -0.3 is 15.7 Å². The van der Waals surface area contributed by atoms with Crippen LogP contribution < -0.4 is 5.73 Å². The van der Waals surface area contributed by atoms with Crippen molar-refractivity contribution in [2.45, 2.75) is 88.4 Å². The van der Waals surface area contributed by atoms with Gasteiger partial charge in [0, 0.05) is 6.04 Å². The van der Waals surface area contributed by atoms with Crippen molar-refractivity contribution in [3.05, 3.63) is 0 Å². The molecule has 3 N–H and O–H groups in total. The fraction of sp³-hybridized carbons (Fsp3) is 0.895. The van der Waals surface area contributed by atoms with Gasteiger partial charge in [-0.1, -0.05) is 6.92 Å². The maximum atomic E-state index is 13.3. The lowest BCUT2D eigenvalue weighted by Gasteiger charge is -2.61. The molecule has 0 spiro atoms. The third-order valence-corrected chi connectivity index (χ3v) is 7.07. The Kier molecular flexibility index (Phi) is 3.71. The number of nitrogens with two attached hydrogens (primary N) is 1. The normalized spacial score (nSPS) is 42.4. The van der Waals surface area contributed by atoms with Crippen molar-refractivity contribution in [2.24, 2.45) is 23.0 Å². The van der Waals surface area contributed by atoms with Gasteiger partial charge in [0.2, 0.25) is 5.91 Å². The van der Waals surface area contributed by atoms with Gasteiger partial charge in [0.05, 0.1) is 17.7 Å². The van der Waals surface area contributed by atoms with Crippen molar-refractivity contribution in [2.75, 3.05) is 0 Å². The van der Waals surface area contributed by atoms with E-state index in [4.69, 9.17) is 5.73 Å². The number of carbonyl (C=O) groups is 1. The molecule has 5 heteroatoms. The Bertz CT molecular complexity index is 566. The number of aliphatic hydroxyl groups is 1. The van der Waals surface area contributed by atoms with E-state index in [2.05, 4.69) is 6.07 Å². The van der Waals surface area contributed by atoms with E-state index >= 15 is 0 Å². The van der Waals surface area contributed by atoms with Crippen molar-refractivity contribution < 1.29 is 9.90 Å². The van der Waals surface area contributed by atoms with Crippen molar-refractivity contribution in [1.29, 1.82) is 5.26 Å². The average molecular weight is 331 g/mol. The summed E-state index contributed by atoms with van der Waals surface area (Å²) in [5, 5.41) is 20.4. The van der Waals surface area contributed by atoms with Crippen molar-refractivity contribution in [1.82, 2.24) is 4.90 Å². The maximum Gasteiger partial charge on any atom is 0.241 e. The third kappa shape index (κ3) is 2.46. The summed E-state index contributed by atoms with van der Waals surface area (Å²) in [6, 6.07) is 1.55. The summed E-state index contributed by atoms with van der Waals surface area (Å²) in [7, 11) is 0. The topological polar surface area (TPSA) is 90.4 Å². The highest BCUT2D eigenvalue weighted by molar-refractivity contribution is 5.84. The molecule has 2 unspecified atom stereocenters. The van der Waals surface area contributed by atoms with Gasteiger partial charge in [-0.2, -0.15) is 5.26 Å². The molecule has 0 aliphatic heterocycles. The number of amides is 1. The van der Waals surface area contributed by atoms with E-state index in [1.165, 1.54) is 6.42 Å². The van der Waals surface area contributed by atoms with Gasteiger partial charge in [-0.15, -0.1) is 0 Å². The van der Waals surface area contributed by atoms with E-state index in [0.717, 1.165) is 38.5 Å². The van der Waals surface area contributed by atoms with Gasteiger partial charge >= 0.3 is 0 Å². The molecule has 1 amide bonds. The van der Waals surface area contributed by atoms with E-state index < -0.39 is 11.6 Å². The van der Waals surface area contributed by atoms with Crippen molar-refractivity contribution in [3.8, 4) is 6.07 Å². The molecule has 0 aromatic rings. The van der Waals surface area contributed by atoms with E-state index in [9.17, 15) is 15.2 Å². The molecule has 0 aromatic carbocycles. The zero-order chi connectivity index (χ0) is 17.1. The van der Waals surface area contributed by atoms with E-state index in [-0.39, 0.29) is 23.4 Å². The van der Waals surface area contributed by atoms with Gasteiger partial charge in [0.1, 0.15) is 6.04 Å². The number of hydrogen-bond donors (Lipinski definition) is 2. The summed E-state index contributed by atoms with van der Waals surface area (Å²) >= 11 is 0. The molecule has 0 heterocycles. The minimum Gasteiger partial charge on any atom is -0.390 e. The Morgan fingerprint density at radius 1 is 1.33 bits per heavy atom. The summed E-state index contributed by atoms with van der Waals surface area (Å²) in [6.45, 7) is 1.95. The van der Waals surface area contributed by atoms with Crippen molar-refractivity contribution in [3.63, 3.8) is 0 Å². The first-order valence-electron chi connectivity index (χ1n) is 9.59. The number of hydrogen-bond acceptors (Lipinski definition) is 4. The third-order valence-electron chi connectivity index (χ3n) is 7.07. The van der Waals surface area contributed by atoms with Gasteiger partial charge in [-0.3, -0.25) is 4.79 Å². The van der Waals surface area contributed by atoms with Crippen LogP contribution in [0.5, 0.6) is 0 Å². The Hall–Kier alpha value is -1.12. The Morgan fingerprint density at radius 2 is 1.96 bits per heavy atom. The maximum absolute atomic E-state index is 13.3. The second-order valence-electron chi connectivity index (χ2n) is 9.06. The smallest absolute Gasteiger partial charge is 0.241 e. The average Bonchev–Trinajstić information content (AvgIpc) is 3.33. The molecule has 5 aliphatic carbocycles. The van der Waals surface area contributed by atoms with E-state index in [1.54, 1.807) is 4.90 Å². The first-order valence-corrected chi connectivity index (χ1v) is 9.59. The summed E-state index contributed by atoms with van der Waals surface area (Å²) in [5.41, 5.74) is 5.72. The number of carbonyl (C=O) groups excluding carboxylic acids is 1. The minimum atomic E-state index is -0.605. The van der Waals surface area contributed by atoms with Gasteiger partial charge in [-0.25, -0.2) is 0 Å². The van der Waals surface area contributed by atoms with Crippen molar-refractivity contribution >= 4 is 5.91 Å². The molecule has 4 bridgehead atoms. The second-order valence-corrected chi connectivity index (χ2v) is 9.06. The van der Waals surface area contributed by atoms with Crippen LogP contribution in [-0.4, -0.2) is 39.6 Å². The molecule has 0 aromatic heterocycles. The summed E-state index contributed by atoms with van der Waals surface area (Å²) in [6.07, 6.45) is 8.18. The molecule has 5 fully saturated rings. The summed E-state index contributed by atoms with van der Waals surface area (Å²) in [5.74, 6) is 0.987. The van der Waals surface area contributed by atoms with Gasteiger partial charge in [-0.05, 0) is 75.0 Å². The molecule has 5 aliphatic rings. The fourth-order valence-corrected chi connectivity index (χ4v) is 6.36. The number of nitriles is 1. The lowest BCUT2D eigenvalue weighted by Crippen LogP contribution is -2.65. The molecule has 0 saturated heterocycles. The monoisotopic (exact) mass is 331 g/mol. The molecule has 24 heavy (non-hydrogen) atoms. The van der Waals surface area contributed by atoms with Gasteiger partial charge in [0.15, 0.2) is 0 Å². The zero-order valence-electron chi connectivity index (χ0n) is 14.6. The minimum absolute atomic E-state index is 0.0450. The molecule has 5 rings (SSSR count). The van der Waals surface area contributed by atoms with Crippen LogP contribution in [0.3, 0.4) is 0 Å². The highest BCUT2D eigenvalue weighted by Gasteiger charge is 2.61. The molecular formula is C19H29N3O2. The first kappa shape index (κ1) is 16.4. The lowest BCUT2D eigenvalue weighted by atomic mass is 9.46. The van der Waals surface area contributed by atoms with Crippen LogP contribution >= 0.6 is 0 Å². The molecule has 0 radical (unpaired) electrons. The van der Waals surface area contributed by atoms with Gasteiger partial charge in [0.25, 0.3) is 0 Å². The molecule has 4 atom stereocenters. The van der Waals surface area contributed by atoms with Crippen LogP contribution in [-0.2, 0) is 4.79 Å². The predicted molar refractivity (Wildman–Crippen MR) is 89.6 cm³/mol. The second kappa shape index (κ2) is 5.44. The first-order chi connectivity index (χ1) is 11.4. The molecular weight excluding hydrogens is 302 g/mol. The largest absolute Gasteiger partial charge is 0.390 e. The van der Waals surface area contributed by atoms with Crippen LogP contribution in [0.25, 0.3) is 0 Å². The number of nitrogens with zero attached hydrogens (tertiary/aromatic N) is 2. The van der Waals surface area contributed by atoms with Crippen LogP contribution in [0, 0.1) is 28.6 Å². The standard InChI is InChI=1S/C19H29N3O2/c1-2-14(10-20)22(15-3-4-15)17(23)16(21)18-6-12-5-13(7-18)9-19(24,8-12)11-18/h12-16,24H,2-9,11,21H2,1H3/t12?,13?,14-,16+,18?,19?/m0/s1. The molecule has 5 saturated carbocycles.